The van der Waals surface area contributed by atoms with E-state index in [0.717, 1.165) is 5.56 Å². The van der Waals surface area contributed by atoms with E-state index in [4.69, 9.17) is 9.72 Å². The zero-order valence-electron chi connectivity index (χ0n) is 18.1. The largest absolute Gasteiger partial charge is 0.444 e. The van der Waals surface area contributed by atoms with E-state index in [9.17, 15) is 14.0 Å². The molecule has 0 aliphatic rings. The second-order valence-corrected chi connectivity index (χ2v) is 8.09. The summed E-state index contributed by atoms with van der Waals surface area (Å²) in [5.41, 5.74) is 2.28. The number of hydrogen-bond acceptors (Lipinski definition) is 4. The summed E-state index contributed by atoms with van der Waals surface area (Å²) < 4.78 is 19.3. The first-order chi connectivity index (χ1) is 14.7. The number of rotatable bonds is 5. The number of benzene rings is 2. The maximum absolute atomic E-state index is 14.0. The van der Waals surface area contributed by atoms with Gasteiger partial charge in [-0.15, -0.1) is 0 Å². The third-order valence-electron chi connectivity index (χ3n) is 4.57. The molecule has 0 aliphatic heterocycles. The van der Waals surface area contributed by atoms with Gasteiger partial charge in [-0.1, -0.05) is 30.3 Å². The normalized spacial score (nSPS) is 11.3. The number of alkyl carbamates (subject to hydrolysis) is 1. The number of hydrogen-bond donors (Lipinski definition) is 2. The molecule has 31 heavy (non-hydrogen) atoms. The summed E-state index contributed by atoms with van der Waals surface area (Å²) in [5, 5.41) is 5.81. The molecule has 2 amide bonds. The molecule has 0 fully saturated rings. The van der Waals surface area contributed by atoms with Gasteiger partial charge in [-0.3, -0.25) is 9.78 Å². The minimum atomic E-state index is -0.600. The Labute approximate surface area is 180 Å². The van der Waals surface area contributed by atoms with Crippen molar-refractivity contribution in [2.45, 2.75) is 32.8 Å². The van der Waals surface area contributed by atoms with Gasteiger partial charge in [0.1, 0.15) is 11.4 Å². The van der Waals surface area contributed by atoms with Crippen LogP contribution in [0.4, 0.5) is 9.18 Å². The minimum absolute atomic E-state index is 0.266. The van der Waals surface area contributed by atoms with Crippen LogP contribution in [0.2, 0.25) is 0 Å². The molecule has 6 nitrogen and oxygen atoms in total. The summed E-state index contributed by atoms with van der Waals surface area (Å²) in [6.07, 6.45) is -0.163. The molecule has 0 radical (unpaired) electrons. The van der Waals surface area contributed by atoms with Crippen LogP contribution in [0, 0.1) is 5.82 Å². The Morgan fingerprint density at radius 2 is 1.81 bits per heavy atom. The van der Waals surface area contributed by atoms with Gasteiger partial charge < -0.3 is 15.4 Å². The standard InChI is InChI=1S/C24H26FN3O3/c1-24(2,3)31-23(30)27-13-12-19-20(15-8-6-5-7-9-15)21(22(29)26-4)17-14-16(25)10-11-18(17)28-19/h5-11,14H,12-13H2,1-4H3,(H,26,29)(H,27,30). The SMILES string of the molecule is CNC(=O)c1c(-c2ccccc2)c(CCNC(=O)OC(C)(C)C)nc2ccc(F)cc12. The lowest BCUT2D eigenvalue weighted by atomic mass is 9.92. The summed E-state index contributed by atoms with van der Waals surface area (Å²) in [4.78, 5) is 29.6. The fourth-order valence-electron chi connectivity index (χ4n) is 3.34. The number of ether oxygens (including phenoxy) is 1. The fourth-order valence-corrected chi connectivity index (χ4v) is 3.34. The maximum atomic E-state index is 14.0. The average molecular weight is 423 g/mol. The van der Waals surface area contributed by atoms with Crippen LogP contribution in [-0.2, 0) is 11.2 Å². The predicted molar refractivity (Wildman–Crippen MR) is 118 cm³/mol. The van der Waals surface area contributed by atoms with E-state index >= 15 is 0 Å². The fraction of sp³-hybridized carbons (Fsp3) is 0.292. The van der Waals surface area contributed by atoms with Crippen molar-refractivity contribution in [3.05, 3.63) is 65.6 Å². The van der Waals surface area contributed by atoms with Crippen molar-refractivity contribution in [2.75, 3.05) is 13.6 Å². The van der Waals surface area contributed by atoms with Crippen molar-refractivity contribution in [1.29, 1.82) is 0 Å². The van der Waals surface area contributed by atoms with Crippen molar-refractivity contribution >= 4 is 22.9 Å². The van der Waals surface area contributed by atoms with E-state index in [1.54, 1.807) is 26.8 Å². The van der Waals surface area contributed by atoms with E-state index in [0.29, 0.717) is 34.1 Å². The van der Waals surface area contributed by atoms with Crippen molar-refractivity contribution in [1.82, 2.24) is 15.6 Å². The molecule has 2 aromatic carbocycles. The first-order valence-electron chi connectivity index (χ1n) is 10.1. The van der Waals surface area contributed by atoms with Crippen molar-refractivity contribution in [2.24, 2.45) is 0 Å². The number of nitrogens with zero attached hydrogens (tertiary/aromatic N) is 1. The van der Waals surface area contributed by atoms with E-state index in [1.807, 2.05) is 30.3 Å². The Balaban J connectivity index is 2.08. The van der Waals surface area contributed by atoms with Gasteiger partial charge in [-0.05, 0) is 44.5 Å². The van der Waals surface area contributed by atoms with Gasteiger partial charge in [0.05, 0.1) is 16.8 Å². The molecule has 0 aliphatic carbocycles. The van der Waals surface area contributed by atoms with Crippen LogP contribution in [-0.4, -0.2) is 36.2 Å². The minimum Gasteiger partial charge on any atom is -0.444 e. The molecular formula is C24H26FN3O3. The molecule has 3 aromatic rings. The molecular weight excluding hydrogens is 397 g/mol. The molecule has 0 saturated carbocycles. The number of halogens is 1. The highest BCUT2D eigenvalue weighted by Crippen LogP contribution is 2.33. The lowest BCUT2D eigenvalue weighted by Crippen LogP contribution is -2.33. The average Bonchev–Trinajstić information content (AvgIpc) is 2.71. The van der Waals surface area contributed by atoms with Gasteiger partial charge in [0.15, 0.2) is 0 Å². The van der Waals surface area contributed by atoms with Crippen molar-refractivity contribution in [3.63, 3.8) is 0 Å². The van der Waals surface area contributed by atoms with Gasteiger partial charge in [0, 0.05) is 31.0 Å². The van der Waals surface area contributed by atoms with E-state index in [1.165, 1.54) is 19.2 Å². The Morgan fingerprint density at radius 3 is 2.45 bits per heavy atom. The molecule has 1 aromatic heterocycles. The number of aromatic nitrogens is 1. The third-order valence-corrected chi connectivity index (χ3v) is 4.57. The Bertz CT molecular complexity index is 1110. The number of amides is 2. The highest BCUT2D eigenvalue weighted by atomic mass is 19.1. The first-order valence-corrected chi connectivity index (χ1v) is 10.1. The summed E-state index contributed by atoms with van der Waals surface area (Å²) >= 11 is 0. The summed E-state index contributed by atoms with van der Waals surface area (Å²) in [5.74, 6) is -0.781. The topological polar surface area (TPSA) is 80.3 Å². The number of carbonyl (C=O) groups is 2. The zero-order valence-corrected chi connectivity index (χ0v) is 18.1. The third kappa shape index (κ3) is 5.36. The quantitative estimate of drug-likeness (QED) is 0.635. The summed E-state index contributed by atoms with van der Waals surface area (Å²) in [6.45, 7) is 5.64. The molecule has 162 valence electrons. The van der Waals surface area contributed by atoms with Gasteiger partial charge in [-0.25, -0.2) is 9.18 Å². The van der Waals surface area contributed by atoms with Gasteiger partial charge >= 0.3 is 6.09 Å². The Morgan fingerprint density at radius 1 is 1.10 bits per heavy atom. The molecule has 0 bridgehead atoms. The zero-order chi connectivity index (χ0) is 22.6. The number of carbonyl (C=O) groups excluding carboxylic acids is 2. The highest BCUT2D eigenvalue weighted by molar-refractivity contribution is 6.12. The maximum Gasteiger partial charge on any atom is 0.407 e. The number of nitrogens with one attached hydrogen (secondary N) is 2. The Kier molecular flexibility index (Phi) is 6.53. The summed E-state index contributed by atoms with van der Waals surface area (Å²) in [6, 6.07) is 13.5. The molecule has 3 rings (SSSR count). The first kappa shape index (κ1) is 22.2. The number of pyridine rings is 1. The van der Waals surface area contributed by atoms with Crippen LogP contribution >= 0.6 is 0 Å². The van der Waals surface area contributed by atoms with Crippen LogP contribution in [0.15, 0.2) is 48.5 Å². The van der Waals surface area contributed by atoms with Gasteiger partial charge in [0.2, 0.25) is 0 Å². The summed E-state index contributed by atoms with van der Waals surface area (Å²) in [7, 11) is 1.53. The van der Waals surface area contributed by atoms with E-state index in [2.05, 4.69) is 10.6 Å². The van der Waals surface area contributed by atoms with Gasteiger partial charge in [-0.2, -0.15) is 0 Å². The Hall–Kier alpha value is -3.48. The monoisotopic (exact) mass is 423 g/mol. The van der Waals surface area contributed by atoms with Crippen LogP contribution in [0.25, 0.3) is 22.0 Å². The van der Waals surface area contributed by atoms with Crippen LogP contribution in [0.3, 0.4) is 0 Å². The smallest absolute Gasteiger partial charge is 0.407 e. The van der Waals surface area contributed by atoms with Crippen molar-refractivity contribution < 1.29 is 18.7 Å². The van der Waals surface area contributed by atoms with Gasteiger partial charge in [0.25, 0.3) is 5.91 Å². The lowest BCUT2D eigenvalue weighted by molar-refractivity contribution is 0.0528. The molecule has 0 spiro atoms. The van der Waals surface area contributed by atoms with E-state index in [-0.39, 0.29) is 12.5 Å². The second kappa shape index (κ2) is 9.12. The molecule has 0 saturated heterocycles. The van der Waals surface area contributed by atoms with Crippen LogP contribution in [0.5, 0.6) is 0 Å². The number of fused-ring (bicyclic) bond motifs is 1. The molecule has 0 unspecified atom stereocenters. The lowest BCUT2D eigenvalue weighted by Gasteiger charge is -2.20. The predicted octanol–water partition coefficient (Wildman–Crippen LogP) is 4.47. The molecule has 0 atom stereocenters. The molecule has 1 heterocycles. The van der Waals surface area contributed by atoms with E-state index < -0.39 is 17.5 Å². The molecule has 7 heteroatoms. The van der Waals surface area contributed by atoms with Crippen molar-refractivity contribution in [3.8, 4) is 11.1 Å². The van der Waals surface area contributed by atoms with Crippen LogP contribution < -0.4 is 10.6 Å². The second-order valence-electron chi connectivity index (χ2n) is 8.09. The molecule has 2 N–H and O–H groups in total. The van der Waals surface area contributed by atoms with Crippen LogP contribution in [0.1, 0.15) is 36.8 Å². The highest BCUT2D eigenvalue weighted by Gasteiger charge is 2.22.